The molecule has 0 bridgehead atoms. The van der Waals surface area contributed by atoms with Crippen LogP contribution in [0.15, 0.2) is 6.20 Å². The number of rotatable bonds is 7. The molecule has 0 unspecified atom stereocenters. The van der Waals surface area contributed by atoms with Crippen LogP contribution < -0.4 is 0 Å². The highest BCUT2D eigenvalue weighted by Gasteiger charge is 2.11. The molecule has 0 aliphatic carbocycles. The quantitative estimate of drug-likeness (QED) is 0.778. The monoisotopic (exact) mass is 239 g/mol. The normalized spacial score (nSPS) is 11.1. The lowest BCUT2D eigenvalue weighted by Crippen LogP contribution is -2.26. The van der Waals surface area contributed by atoms with Crippen LogP contribution in [0, 0.1) is 0 Å². The number of aliphatic carboxylic acids is 1. The molecule has 0 radical (unpaired) electrons. The van der Waals surface area contributed by atoms with Crippen molar-refractivity contribution in [3.8, 4) is 0 Å². The van der Waals surface area contributed by atoms with Gasteiger partial charge in [-0.25, -0.2) is 0 Å². The van der Waals surface area contributed by atoms with Gasteiger partial charge >= 0.3 is 5.97 Å². The van der Waals surface area contributed by atoms with Gasteiger partial charge in [0.15, 0.2) is 0 Å². The van der Waals surface area contributed by atoms with E-state index in [0.29, 0.717) is 6.54 Å². The summed E-state index contributed by atoms with van der Waals surface area (Å²) < 4.78 is 1.82. The number of hydrogen-bond donors (Lipinski definition) is 1. The first-order valence-corrected chi connectivity index (χ1v) is 6.02. The number of carboxylic acid groups (broad SMARTS) is 1. The van der Waals surface area contributed by atoms with Crippen molar-refractivity contribution in [2.75, 3.05) is 13.1 Å². The summed E-state index contributed by atoms with van der Waals surface area (Å²) in [5.74, 6) is -0.745. The summed E-state index contributed by atoms with van der Waals surface area (Å²) in [4.78, 5) is 12.7. The van der Waals surface area contributed by atoms with E-state index in [1.54, 1.807) is 0 Å². The molecule has 0 saturated heterocycles. The number of carboxylic acids is 1. The van der Waals surface area contributed by atoms with Crippen LogP contribution in [-0.2, 0) is 24.8 Å². The van der Waals surface area contributed by atoms with Crippen LogP contribution in [0.4, 0.5) is 0 Å². The summed E-state index contributed by atoms with van der Waals surface area (Å²) in [6.07, 6.45) is 3.12. The van der Waals surface area contributed by atoms with E-state index in [-0.39, 0.29) is 6.42 Å². The molecule has 0 aliphatic rings. The topological polar surface area (TPSA) is 58.4 Å². The van der Waals surface area contributed by atoms with Crippen LogP contribution >= 0.6 is 0 Å². The molecule has 0 aromatic carbocycles. The predicted molar refractivity (Wildman–Crippen MR) is 65.8 cm³/mol. The van der Waals surface area contributed by atoms with Crippen molar-refractivity contribution >= 4 is 5.97 Å². The van der Waals surface area contributed by atoms with Gasteiger partial charge in [-0.3, -0.25) is 14.4 Å². The molecular weight excluding hydrogens is 218 g/mol. The van der Waals surface area contributed by atoms with Gasteiger partial charge in [0.2, 0.25) is 0 Å². The van der Waals surface area contributed by atoms with E-state index in [9.17, 15) is 4.79 Å². The predicted octanol–water partition coefficient (Wildman–Crippen LogP) is 1.28. The summed E-state index contributed by atoms with van der Waals surface area (Å²) in [7, 11) is 1.91. The molecule has 0 aliphatic heterocycles. The van der Waals surface area contributed by atoms with Crippen LogP contribution in [0.1, 0.15) is 31.5 Å². The molecule has 0 fully saturated rings. The maximum absolute atomic E-state index is 10.6. The third kappa shape index (κ3) is 4.19. The molecule has 1 heterocycles. The lowest BCUT2D eigenvalue weighted by molar-refractivity contribution is -0.137. The Morgan fingerprint density at radius 3 is 2.76 bits per heavy atom. The number of aromatic nitrogens is 2. The second-order valence-electron chi connectivity index (χ2n) is 4.14. The average Bonchev–Trinajstić information content (AvgIpc) is 2.64. The summed E-state index contributed by atoms with van der Waals surface area (Å²) in [5, 5.41) is 13.1. The lowest BCUT2D eigenvalue weighted by Gasteiger charge is -2.18. The van der Waals surface area contributed by atoms with Crippen molar-refractivity contribution in [1.29, 1.82) is 0 Å². The summed E-state index contributed by atoms with van der Waals surface area (Å²) in [6, 6.07) is 0. The zero-order valence-corrected chi connectivity index (χ0v) is 10.8. The van der Waals surface area contributed by atoms with Crippen LogP contribution in [-0.4, -0.2) is 38.8 Å². The second-order valence-corrected chi connectivity index (χ2v) is 4.14. The first-order chi connectivity index (χ1) is 8.06. The van der Waals surface area contributed by atoms with Crippen molar-refractivity contribution in [3.05, 3.63) is 17.5 Å². The maximum Gasteiger partial charge on any atom is 0.304 e. The minimum Gasteiger partial charge on any atom is -0.481 e. The molecule has 0 spiro atoms. The Kier molecular flexibility index (Phi) is 5.15. The zero-order chi connectivity index (χ0) is 12.8. The Balaban J connectivity index is 2.62. The number of nitrogens with zero attached hydrogens (tertiary/aromatic N) is 3. The lowest BCUT2D eigenvalue weighted by atomic mass is 10.2. The summed E-state index contributed by atoms with van der Waals surface area (Å²) in [6.45, 7) is 6.35. The Bertz CT molecular complexity index is 374. The Labute approximate surface area is 102 Å². The largest absolute Gasteiger partial charge is 0.481 e. The molecule has 0 atom stereocenters. The average molecular weight is 239 g/mol. The minimum atomic E-state index is -0.745. The van der Waals surface area contributed by atoms with Gasteiger partial charge in [0.1, 0.15) is 0 Å². The van der Waals surface area contributed by atoms with E-state index in [0.717, 1.165) is 25.2 Å². The third-order valence-corrected chi connectivity index (χ3v) is 2.81. The first kappa shape index (κ1) is 13.7. The van der Waals surface area contributed by atoms with Crippen LogP contribution in [0.2, 0.25) is 0 Å². The molecule has 1 N–H and O–H groups in total. The van der Waals surface area contributed by atoms with Gasteiger partial charge in [0.05, 0.1) is 12.1 Å². The molecule has 17 heavy (non-hydrogen) atoms. The van der Waals surface area contributed by atoms with Crippen molar-refractivity contribution < 1.29 is 9.90 Å². The molecule has 1 aromatic rings. The van der Waals surface area contributed by atoms with Crippen molar-refractivity contribution in [3.63, 3.8) is 0 Å². The number of hydrogen-bond acceptors (Lipinski definition) is 3. The summed E-state index contributed by atoms with van der Waals surface area (Å²) in [5.41, 5.74) is 2.29. The van der Waals surface area contributed by atoms with Crippen molar-refractivity contribution in [2.45, 2.75) is 33.2 Å². The van der Waals surface area contributed by atoms with E-state index in [1.165, 1.54) is 5.56 Å². The van der Waals surface area contributed by atoms with Gasteiger partial charge in [-0.05, 0) is 13.0 Å². The van der Waals surface area contributed by atoms with Gasteiger partial charge in [-0.1, -0.05) is 13.8 Å². The van der Waals surface area contributed by atoms with E-state index in [1.807, 2.05) is 24.9 Å². The fraction of sp³-hybridized carbons (Fsp3) is 0.667. The van der Waals surface area contributed by atoms with E-state index >= 15 is 0 Å². The highest BCUT2D eigenvalue weighted by molar-refractivity contribution is 5.66. The van der Waals surface area contributed by atoms with E-state index < -0.39 is 5.97 Å². The van der Waals surface area contributed by atoms with E-state index in [4.69, 9.17) is 5.11 Å². The molecule has 1 aromatic heterocycles. The smallest absolute Gasteiger partial charge is 0.304 e. The fourth-order valence-electron chi connectivity index (χ4n) is 1.86. The highest BCUT2D eigenvalue weighted by Crippen LogP contribution is 2.10. The van der Waals surface area contributed by atoms with Crippen LogP contribution in [0.25, 0.3) is 0 Å². The minimum absolute atomic E-state index is 0.190. The fourth-order valence-corrected chi connectivity index (χ4v) is 1.86. The number of aryl methyl sites for hydroxylation is 2. The summed E-state index contributed by atoms with van der Waals surface area (Å²) >= 11 is 0. The molecule has 5 heteroatoms. The van der Waals surface area contributed by atoms with Gasteiger partial charge < -0.3 is 5.11 Å². The van der Waals surface area contributed by atoms with Gasteiger partial charge in [-0.15, -0.1) is 0 Å². The van der Waals surface area contributed by atoms with E-state index in [2.05, 4.69) is 16.9 Å². The zero-order valence-electron chi connectivity index (χ0n) is 10.8. The maximum atomic E-state index is 10.6. The first-order valence-electron chi connectivity index (χ1n) is 6.02. The van der Waals surface area contributed by atoms with Crippen molar-refractivity contribution in [2.24, 2.45) is 7.05 Å². The SMILES string of the molecule is CCc1nn(C)cc1CN(CC)CCC(=O)O. The Morgan fingerprint density at radius 1 is 1.53 bits per heavy atom. The van der Waals surface area contributed by atoms with Crippen molar-refractivity contribution in [1.82, 2.24) is 14.7 Å². The molecule has 0 amide bonds. The van der Waals surface area contributed by atoms with Gasteiger partial charge in [0.25, 0.3) is 0 Å². The number of carbonyl (C=O) groups is 1. The standard InChI is InChI=1S/C12H21N3O2/c1-4-11-10(8-14(3)13-11)9-15(5-2)7-6-12(16)17/h8H,4-7,9H2,1-3H3,(H,16,17). The highest BCUT2D eigenvalue weighted by atomic mass is 16.4. The molecular formula is C12H21N3O2. The van der Waals surface area contributed by atoms with Crippen LogP contribution in [0.5, 0.6) is 0 Å². The Hall–Kier alpha value is -1.36. The molecule has 5 nitrogen and oxygen atoms in total. The van der Waals surface area contributed by atoms with Crippen LogP contribution in [0.3, 0.4) is 0 Å². The van der Waals surface area contributed by atoms with Gasteiger partial charge in [0, 0.05) is 31.9 Å². The molecule has 96 valence electrons. The molecule has 1 rings (SSSR count). The molecule has 0 saturated carbocycles. The third-order valence-electron chi connectivity index (χ3n) is 2.81. The second kappa shape index (κ2) is 6.39. The van der Waals surface area contributed by atoms with Gasteiger partial charge in [-0.2, -0.15) is 5.10 Å². The Morgan fingerprint density at radius 2 is 2.24 bits per heavy atom.